The Labute approximate surface area is 111 Å². The summed E-state index contributed by atoms with van der Waals surface area (Å²) in [6.45, 7) is 1.87. The molecular weight excluding hydrogens is 252 g/mol. The van der Waals surface area contributed by atoms with Gasteiger partial charge in [0.2, 0.25) is 0 Å². The number of hydrogen-bond acceptors (Lipinski definition) is 4. The molecule has 2 aromatic rings. The summed E-state index contributed by atoms with van der Waals surface area (Å²) in [5, 5.41) is 0.435. The van der Waals surface area contributed by atoms with E-state index in [1.165, 1.54) is 6.33 Å². The molecule has 5 heteroatoms. The number of halogens is 1. The highest BCUT2D eigenvalue weighted by Gasteiger charge is 2.13. The van der Waals surface area contributed by atoms with Gasteiger partial charge in [-0.1, -0.05) is 11.6 Å². The quantitative estimate of drug-likeness (QED) is 0.799. The molecule has 0 fully saturated rings. The number of ether oxygens (including phenoxy) is 2. The van der Waals surface area contributed by atoms with E-state index in [2.05, 4.69) is 9.97 Å². The molecule has 0 atom stereocenters. The molecule has 0 aliphatic carbocycles. The number of methoxy groups -OCH3 is 2. The summed E-state index contributed by atoms with van der Waals surface area (Å²) >= 11 is 6.01. The van der Waals surface area contributed by atoms with Crippen molar-refractivity contribution in [3.8, 4) is 22.8 Å². The standard InChI is InChI=1S/C13H13ClN2O2/c1-8-12(15-7-16-13(8)14)10-6-9(17-2)4-5-11(10)18-3/h4-7H,1-3H3. The van der Waals surface area contributed by atoms with Gasteiger partial charge in [-0.25, -0.2) is 9.97 Å². The first kappa shape index (κ1) is 12.6. The lowest BCUT2D eigenvalue weighted by atomic mass is 10.1. The molecule has 94 valence electrons. The van der Waals surface area contributed by atoms with E-state index in [0.29, 0.717) is 10.9 Å². The van der Waals surface area contributed by atoms with Gasteiger partial charge in [0.05, 0.1) is 19.9 Å². The second-order valence-corrected chi connectivity index (χ2v) is 4.06. The Bertz CT molecular complexity index is 573. The van der Waals surface area contributed by atoms with Gasteiger partial charge in [-0.05, 0) is 25.1 Å². The number of hydrogen-bond donors (Lipinski definition) is 0. The Morgan fingerprint density at radius 3 is 2.56 bits per heavy atom. The fraction of sp³-hybridized carbons (Fsp3) is 0.231. The molecule has 0 aliphatic heterocycles. The maximum atomic E-state index is 6.01. The summed E-state index contributed by atoms with van der Waals surface area (Å²) in [5.41, 5.74) is 2.38. The summed E-state index contributed by atoms with van der Waals surface area (Å²) in [7, 11) is 3.23. The van der Waals surface area contributed by atoms with Crippen LogP contribution in [-0.2, 0) is 0 Å². The minimum Gasteiger partial charge on any atom is -0.497 e. The average molecular weight is 265 g/mol. The molecule has 0 radical (unpaired) electrons. The molecule has 1 aromatic carbocycles. The van der Waals surface area contributed by atoms with E-state index in [4.69, 9.17) is 21.1 Å². The van der Waals surface area contributed by atoms with Gasteiger partial charge in [-0.3, -0.25) is 0 Å². The molecule has 0 N–H and O–H groups in total. The molecule has 0 amide bonds. The van der Waals surface area contributed by atoms with Gasteiger partial charge in [0.1, 0.15) is 23.0 Å². The fourth-order valence-corrected chi connectivity index (χ4v) is 1.83. The Morgan fingerprint density at radius 1 is 1.11 bits per heavy atom. The summed E-state index contributed by atoms with van der Waals surface area (Å²) in [6.07, 6.45) is 1.43. The second-order valence-electron chi connectivity index (χ2n) is 3.70. The molecular formula is C13H13ClN2O2. The molecule has 0 aliphatic rings. The minimum atomic E-state index is 0.435. The molecule has 0 unspecified atom stereocenters. The van der Waals surface area contributed by atoms with Crippen molar-refractivity contribution in [2.45, 2.75) is 6.92 Å². The molecule has 0 saturated carbocycles. The highest BCUT2D eigenvalue weighted by atomic mass is 35.5. The third kappa shape index (κ3) is 2.24. The van der Waals surface area contributed by atoms with Gasteiger partial charge in [0.15, 0.2) is 0 Å². The average Bonchev–Trinajstić information content (AvgIpc) is 2.41. The molecule has 0 spiro atoms. The topological polar surface area (TPSA) is 44.2 Å². The van der Waals surface area contributed by atoms with E-state index in [9.17, 15) is 0 Å². The van der Waals surface area contributed by atoms with Gasteiger partial charge in [0, 0.05) is 11.1 Å². The Balaban J connectivity index is 2.64. The van der Waals surface area contributed by atoms with Crippen LogP contribution in [0.15, 0.2) is 24.5 Å². The number of benzene rings is 1. The Hall–Kier alpha value is -1.81. The molecule has 0 bridgehead atoms. The highest BCUT2D eigenvalue weighted by Crippen LogP contribution is 2.34. The van der Waals surface area contributed by atoms with Crippen molar-refractivity contribution in [3.63, 3.8) is 0 Å². The monoisotopic (exact) mass is 264 g/mol. The first-order valence-electron chi connectivity index (χ1n) is 5.37. The van der Waals surface area contributed by atoms with Crippen LogP contribution in [0, 0.1) is 6.92 Å². The number of aromatic nitrogens is 2. The van der Waals surface area contributed by atoms with Crippen molar-refractivity contribution >= 4 is 11.6 Å². The second kappa shape index (κ2) is 5.23. The zero-order chi connectivity index (χ0) is 13.1. The van der Waals surface area contributed by atoms with Gasteiger partial charge in [-0.2, -0.15) is 0 Å². The van der Waals surface area contributed by atoms with Gasteiger partial charge in [-0.15, -0.1) is 0 Å². The first-order valence-corrected chi connectivity index (χ1v) is 5.74. The Kier molecular flexibility index (Phi) is 3.67. The molecule has 1 heterocycles. The van der Waals surface area contributed by atoms with Crippen molar-refractivity contribution in [2.75, 3.05) is 14.2 Å². The predicted octanol–water partition coefficient (Wildman–Crippen LogP) is 3.12. The molecule has 2 rings (SSSR count). The van der Waals surface area contributed by atoms with Crippen molar-refractivity contribution in [2.24, 2.45) is 0 Å². The minimum absolute atomic E-state index is 0.435. The smallest absolute Gasteiger partial charge is 0.135 e. The highest BCUT2D eigenvalue weighted by molar-refractivity contribution is 6.30. The van der Waals surface area contributed by atoms with Gasteiger partial charge < -0.3 is 9.47 Å². The number of nitrogens with zero attached hydrogens (tertiary/aromatic N) is 2. The zero-order valence-corrected chi connectivity index (χ0v) is 11.2. The van der Waals surface area contributed by atoms with Crippen LogP contribution < -0.4 is 9.47 Å². The zero-order valence-electron chi connectivity index (χ0n) is 10.4. The van der Waals surface area contributed by atoms with Crippen LogP contribution in [-0.4, -0.2) is 24.2 Å². The molecule has 0 saturated heterocycles. The van der Waals surface area contributed by atoms with E-state index in [1.807, 2.05) is 25.1 Å². The van der Waals surface area contributed by atoms with Crippen LogP contribution in [0.1, 0.15) is 5.56 Å². The van der Waals surface area contributed by atoms with E-state index in [-0.39, 0.29) is 0 Å². The van der Waals surface area contributed by atoms with E-state index in [0.717, 1.165) is 22.6 Å². The fourth-order valence-electron chi connectivity index (χ4n) is 1.70. The van der Waals surface area contributed by atoms with Crippen LogP contribution >= 0.6 is 11.6 Å². The molecule has 4 nitrogen and oxygen atoms in total. The predicted molar refractivity (Wildman–Crippen MR) is 70.3 cm³/mol. The van der Waals surface area contributed by atoms with Crippen LogP contribution in [0.5, 0.6) is 11.5 Å². The van der Waals surface area contributed by atoms with E-state index < -0.39 is 0 Å². The van der Waals surface area contributed by atoms with Gasteiger partial charge in [0.25, 0.3) is 0 Å². The number of rotatable bonds is 3. The van der Waals surface area contributed by atoms with E-state index >= 15 is 0 Å². The maximum Gasteiger partial charge on any atom is 0.135 e. The lowest BCUT2D eigenvalue weighted by Gasteiger charge is -2.12. The Morgan fingerprint density at radius 2 is 1.89 bits per heavy atom. The third-order valence-corrected chi connectivity index (χ3v) is 3.07. The molecule has 18 heavy (non-hydrogen) atoms. The van der Waals surface area contributed by atoms with Gasteiger partial charge >= 0.3 is 0 Å². The van der Waals surface area contributed by atoms with Crippen molar-refractivity contribution in [1.29, 1.82) is 0 Å². The largest absolute Gasteiger partial charge is 0.497 e. The SMILES string of the molecule is COc1ccc(OC)c(-c2ncnc(Cl)c2C)c1. The van der Waals surface area contributed by atoms with Crippen LogP contribution in [0.3, 0.4) is 0 Å². The maximum absolute atomic E-state index is 6.01. The molecule has 1 aromatic heterocycles. The third-order valence-electron chi connectivity index (χ3n) is 2.68. The summed E-state index contributed by atoms with van der Waals surface area (Å²) in [4.78, 5) is 8.21. The lowest BCUT2D eigenvalue weighted by Crippen LogP contribution is -1.96. The van der Waals surface area contributed by atoms with Crippen molar-refractivity contribution in [1.82, 2.24) is 9.97 Å². The normalized spacial score (nSPS) is 10.2. The van der Waals surface area contributed by atoms with Crippen LogP contribution in [0.2, 0.25) is 5.15 Å². The first-order chi connectivity index (χ1) is 8.67. The van der Waals surface area contributed by atoms with Crippen molar-refractivity contribution in [3.05, 3.63) is 35.2 Å². The summed E-state index contributed by atoms with van der Waals surface area (Å²) in [6, 6.07) is 5.54. The summed E-state index contributed by atoms with van der Waals surface area (Å²) < 4.78 is 10.5. The van der Waals surface area contributed by atoms with E-state index in [1.54, 1.807) is 14.2 Å². The van der Waals surface area contributed by atoms with Crippen LogP contribution in [0.25, 0.3) is 11.3 Å². The van der Waals surface area contributed by atoms with Crippen molar-refractivity contribution < 1.29 is 9.47 Å². The van der Waals surface area contributed by atoms with Crippen LogP contribution in [0.4, 0.5) is 0 Å². The lowest BCUT2D eigenvalue weighted by molar-refractivity contribution is 0.404. The summed E-state index contributed by atoms with van der Waals surface area (Å²) in [5.74, 6) is 1.45.